The predicted molar refractivity (Wildman–Crippen MR) is 75.4 cm³/mol. The lowest BCUT2D eigenvalue weighted by Gasteiger charge is -2.29. The van der Waals surface area contributed by atoms with E-state index < -0.39 is 0 Å². The van der Waals surface area contributed by atoms with Crippen molar-refractivity contribution in [1.29, 1.82) is 0 Å². The van der Waals surface area contributed by atoms with Crippen LogP contribution in [-0.2, 0) is 6.42 Å². The lowest BCUT2D eigenvalue weighted by atomic mass is 9.93. The molecule has 1 aromatic heterocycles. The normalized spacial score (nSPS) is 26.9. The van der Waals surface area contributed by atoms with Crippen molar-refractivity contribution in [1.82, 2.24) is 9.88 Å². The molecule has 2 atom stereocenters. The number of piperidine rings is 1. The Morgan fingerprint density at radius 3 is 3.17 bits per heavy atom. The molecule has 2 bridgehead atoms. The fourth-order valence-electron chi connectivity index (χ4n) is 3.63. The summed E-state index contributed by atoms with van der Waals surface area (Å²) >= 11 is 6.09. The third kappa shape index (κ3) is 1.59. The maximum absolute atomic E-state index is 6.09. The van der Waals surface area contributed by atoms with Gasteiger partial charge in [0.2, 0.25) is 0 Å². The third-order valence-electron chi connectivity index (χ3n) is 4.49. The van der Waals surface area contributed by atoms with Crippen molar-refractivity contribution in [2.75, 3.05) is 19.6 Å². The maximum Gasteiger partial charge on any atom is 0.0473 e. The van der Waals surface area contributed by atoms with Crippen LogP contribution in [0.1, 0.15) is 30.0 Å². The Bertz CT molecular complexity index is 602. The fraction of sp³-hybridized carbons (Fsp3) is 0.467. The Hall–Kier alpha value is -0.990. The molecule has 1 aromatic carbocycles. The van der Waals surface area contributed by atoms with Crippen molar-refractivity contribution in [2.24, 2.45) is 0 Å². The van der Waals surface area contributed by atoms with E-state index in [0.29, 0.717) is 5.92 Å². The van der Waals surface area contributed by atoms with Crippen LogP contribution in [0.15, 0.2) is 18.2 Å². The quantitative estimate of drug-likeness (QED) is 0.767. The number of rotatable bonds is 0. The largest absolute Gasteiger partial charge is 0.358 e. The van der Waals surface area contributed by atoms with Gasteiger partial charge in [-0.25, -0.2) is 0 Å². The van der Waals surface area contributed by atoms with Gasteiger partial charge in [0.1, 0.15) is 0 Å². The summed E-state index contributed by atoms with van der Waals surface area (Å²) in [6, 6.07) is 6.25. The number of H-pyrrole nitrogens is 1. The summed E-state index contributed by atoms with van der Waals surface area (Å²) in [5.74, 6) is 0.697. The van der Waals surface area contributed by atoms with Gasteiger partial charge in [0.25, 0.3) is 0 Å². The zero-order valence-corrected chi connectivity index (χ0v) is 11.1. The van der Waals surface area contributed by atoms with E-state index in [1.807, 2.05) is 6.07 Å². The van der Waals surface area contributed by atoms with Gasteiger partial charge in [-0.15, -0.1) is 0 Å². The molecule has 94 valence electrons. The molecular formula is C15H17ClN2. The lowest BCUT2D eigenvalue weighted by Crippen LogP contribution is -2.33. The van der Waals surface area contributed by atoms with Crippen molar-refractivity contribution in [3.63, 3.8) is 0 Å². The SMILES string of the molecule is Clc1ccc2c3c([nH]c2c1)C1CCCN(CC3)C1. The second-order valence-corrected chi connectivity index (χ2v) is 6.03. The van der Waals surface area contributed by atoms with Crippen LogP contribution in [0.5, 0.6) is 0 Å². The molecule has 1 N–H and O–H groups in total. The smallest absolute Gasteiger partial charge is 0.0473 e. The molecule has 3 heterocycles. The molecule has 2 aromatic rings. The van der Waals surface area contributed by atoms with E-state index in [2.05, 4.69) is 22.0 Å². The van der Waals surface area contributed by atoms with E-state index in [9.17, 15) is 0 Å². The number of benzene rings is 1. The van der Waals surface area contributed by atoms with Crippen LogP contribution in [0.3, 0.4) is 0 Å². The second-order valence-electron chi connectivity index (χ2n) is 5.60. The molecule has 18 heavy (non-hydrogen) atoms. The molecule has 2 unspecified atom stereocenters. The van der Waals surface area contributed by atoms with E-state index in [1.54, 1.807) is 0 Å². The first-order valence-corrected chi connectivity index (χ1v) is 7.21. The number of hydrogen-bond acceptors (Lipinski definition) is 1. The molecule has 0 aliphatic carbocycles. The second kappa shape index (κ2) is 4.01. The number of nitrogens with zero attached hydrogens (tertiary/aromatic N) is 1. The third-order valence-corrected chi connectivity index (χ3v) is 4.73. The number of nitrogens with one attached hydrogen (secondary N) is 1. The summed E-state index contributed by atoms with van der Waals surface area (Å²) in [4.78, 5) is 6.26. The Kier molecular flexibility index (Phi) is 2.42. The average Bonchev–Trinajstić information content (AvgIpc) is 2.69. The minimum atomic E-state index is 0.697. The Balaban J connectivity index is 1.91. The molecule has 2 nitrogen and oxygen atoms in total. The molecule has 0 spiro atoms. The number of aromatic amines is 1. The maximum atomic E-state index is 6.09. The van der Waals surface area contributed by atoms with E-state index in [1.165, 1.54) is 61.1 Å². The van der Waals surface area contributed by atoms with Crippen LogP contribution >= 0.6 is 11.6 Å². The molecule has 1 fully saturated rings. The van der Waals surface area contributed by atoms with Crippen LogP contribution < -0.4 is 0 Å². The number of hydrogen-bond donors (Lipinski definition) is 1. The topological polar surface area (TPSA) is 19.0 Å². The zero-order valence-electron chi connectivity index (χ0n) is 10.4. The van der Waals surface area contributed by atoms with E-state index in [4.69, 9.17) is 11.6 Å². The van der Waals surface area contributed by atoms with Gasteiger partial charge in [0, 0.05) is 40.6 Å². The van der Waals surface area contributed by atoms with E-state index in [-0.39, 0.29) is 0 Å². The lowest BCUT2D eigenvalue weighted by molar-refractivity contribution is 0.217. The minimum absolute atomic E-state index is 0.697. The van der Waals surface area contributed by atoms with Gasteiger partial charge >= 0.3 is 0 Å². The summed E-state index contributed by atoms with van der Waals surface area (Å²) in [6.45, 7) is 3.72. The summed E-state index contributed by atoms with van der Waals surface area (Å²) in [6.07, 6.45) is 3.83. The van der Waals surface area contributed by atoms with E-state index >= 15 is 0 Å². The summed E-state index contributed by atoms with van der Waals surface area (Å²) < 4.78 is 0. The van der Waals surface area contributed by atoms with Crippen molar-refractivity contribution < 1.29 is 0 Å². The van der Waals surface area contributed by atoms with E-state index in [0.717, 1.165) is 5.02 Å². The van der Waals surface area contributed by atoms with Crippen molar-refractivity contribution in [2.45, 2.75) is 25.2 Å². The molecule has 3 heteroatoms. The van der Waals surface area contributed by atoms with Crippen molar-refractivity contribution in [3.05, 3.63) is 34.5 Å². The summed E-state index contributed by atoms with van der Waals surface area (Å²) in [5, 5.41) is 2.20. The molecule has 2 aliphatic rings. The minimum Gasteiger partial charge on any atom is -0.358 e. The van der Waals surface area contributed by atoms with Gasteiger partial charge in [-0.3, -0.25) is 0 Å². The Morgan fingerprint density at radius 1 is 1.28 bits per heavy atom. The number of fused-ring (bicyclic) bond motifs is 6. The summed E-state index contributed by atoms with van der Waals surface area (Å²) in [7, 11) is 0. The first-order valence-electron chi connectivity index (χ1n) is 6.83. The van der Waals surface area contributed by atoms with Gasteiger partial charge in [-0.05, 0) is 43.5 Å². The highest BCUT2D eigenvalue weighted by Gasteiger charge is 2.28. The van der Waals surface area contributed by atoms with Crippen LogP contribution in [0.2, 0.25) is 5.02 Å². The van der Waals surface area contributed by atoms with Crippen molar-refractivity contribution in [3.8, 4) is 0 Å². The van der Waals surface area contributed by atoms with Crippen molar-refractivity contribution >= 4 is 22.5 Å². The Labute approximate surface area is 112 Å². The van der Waals surface area contributed by atoms with Crippen LogP contribution in [-0.4, -0.2) is 29.5 Å². The monoisotopic (exact) mass is 260 g/mol. The highest BCUT2D eigenvalue weighted by atomic mass is 35.5. The summed E-state index contributed by atoms with van der Waals surface area (Å²) in [5.41, 5.74) is 4.23. The first kappa shape index (κ1) is 10.9. The predicted octanol–water partition coefficient (Wildman–Crippen LogP) is 3.56. The fourth-order valence-corrected chi connectivity index (χ4v) is 3.80. The molecule has 0 radical (unpaired) electrons. The molecular weight excluding hydrogens is 244 g/mol. The van der Waals surface area contributed by atoms with Gasteiger partial charge in [-0.1, -0.05) is 17.7 Å². The number of halogens is 1. The molecule has 0 amide bonds. The van der Waals surface area contributed by atoms with Gasteiger partial charge < -0.3 is 9.88 Å². The average molecular weight is 261 g/mol. The standard InChI is InChI=1S/C15H17ClN2/c16-11-3-4-12-13-5-7-18-6-1-2-10(9-18)15(13)17-14(12)8-11/h3-4,8,10,17H,1-2,5-7,9H2. The molecule has 0 saturated carbocycles. The van der Waals surface area contributed by atoms with Crippen LogP contribution in [0.4, 0.5) is 0 Å². The Morgan fingerprint density at radius 2 is 2.22 bits per heavy atom. The van der Waals surface area contributed by atoms with Crippen LogP contribution in [0.25, 0.3) is 10.9 Å². The zero-order chi connectivity index (χ0) is 12.1. The van der Waals surface area contributed by atoms with Crippen LogP contribution in [0, 0.1) is 0 Å². The van der Waals surface area contributed by atoms with Gasteiger partial charge in [-0.2, -0.15) is 0 Å². The molecule has 1 saturated heterocycles. The highest BCUT2D eigenvalue weighted by Crippen LogP contribution is 2.36. The molecule has 2 aliphatic heterocycles. The molecule has 4 rings (SSSR count). The highest BCUT2D eigenvalue weighted by molar-refractivity contribution is 6.31. The van der Waals surface area contributed by atoms with Gasteiger partial charge in [0.05, 0.1) is 0 Å². The first-order chi connectivity index (χ1) is 8.81. The van der Waals surface area contributed by atoms with Gasteiger partial charge in [0.15, 0.2) is 0 Å². The number of aromatic nitrogens is 1.